The van der Waals surface area contributed by atoms with Gasteiger partial charge in [-0.25, -0.2) is 0 Å². The fraction of sp³-hybridized carbons (Fsp3) is 0.842. The van der Waals surface area contributed by atoms with Gasteiger partial charge in [-0.2, -0.15) is 0 Å². The van der Waals surface area contributed by atoms with E-state index in [4.69, 9.17) is 0 Å². The van der Waals surface area contributed by atoms with Crippen molar-refractivity contribution in [2.24, 2.45) is 11.8 Å². The molecule has 1 saturated carbocycles. The minimum atomic E-state index is -0.415. The molecule has 25 heavy (non-hydrogen) atoms. The van der Waals surface area contributed by atoms with Crippen LogP contribution in [-0.4, -0.2) is 66.2 Å². The maximum atomic E-state index is 12.6. The van der Waals surface area contributed by atoms with Crippen LogP contribution in [0.1, 0.15) is 52.9 Å². The molecule has 6 heteroatoms. The van der Waals surface area contributed by atoms with Crippen molar-refractivity contribution in [2.45, 2.75) is 58.9 Å². The second-order valence-electron chi connectivity index (χ2n) is 7.84. The lowest BCUT2D eigenvalue weighted by molar-refractivity contribution is -0.138. The Balaban J connectivity index is 1.75. The number of piperazine rings is 1. The molecule has 0 radical (unpaired) electrons. The van der Waals surface area contributed by atoms with E-state index >= 15 is 0 Å². The highest BCUT2D eigenvalue weighted by Gasteiger charge is 2.29. The van der Waals surface area contributed by atoms with Gasteiger partial charge >= 0.3 is 0 Å². The summed E-state index contributed by atoms with van der Waals surface area (Å²) in [6.07, 6.45) is 5.66. The lowest BCUT2D eigenvalue weighted by Crippen LogP contribution is -2.54. The van der Waals surface area contributed by atoms with Crippen LogP contribution in [0.3, 0.4) is 0 Å². The third kappa shape index (κ3) is 5.80. The van der Waals surface area contributed by atoms with Gasteiger partial charge in [-0.3, -0.25) is 19.3 Å². The Morgan fingerprint density at radius 1 is 1.00 bits per heavy atom. The minimum absolute atomic E-state index is 0.00810. The molecule has 1 aliphatic carbocycles. The van der Waals surface area contributed by atoms with E-state index in [9.17, 15) is 14.4 Å². The summed E-state index contributed by atoms with van der Waals surface area (Å²) in [6, 6.07) is -0.415. The van der Waals surface area contributed by atoms with Gasteiger partial charge in [-0.15, -0.1) is 0 Å². The second-order valence-corrected chi connectivity index (χ2v) is 7.84. The van der Waals surface area contributed by atoms with Gasteiger partial charge in [0.25, 0.3) is 0 Å². The van der Waals surface area contributed by atoms with Crippen LogP contribution in [0.15, 0.2) is 0 Å². The van der Waals surface area contributed by atoms with Crippen molar-refractivity contribution in [1.82, 2.24) is 15.1 Å². The molecule has 0 aromatic rings. The molecule has 0 spiro atoms. The monoisotopic (exact) mass is 351 g/mol. The molecule has 0 aromatic carbocycles. The highest BCUT2D eigenvalue weighted by Crippen LogP contribution is 2.25. The summed E-state index contributed by atoms with van der Waals surface area (Å²) < 4.78 is 0. The molecular formula is C19H33N3O3. The Bertz CT molecular complexity index is 478. The number of ketones is 1. The number of hydrogen-bond acceptors (Lipinski definition) is 4. The number of carbonyl (C=O) groups is 3. The summed E-state index contributed by atoms with van der Waals surface area (Å²) in [5.41, 5.74) is 0. The van der Waals surface area contributed by atoms with Gasteiger partial charge in [-0.05, 0) is 25.7 Å². The van der Waals surface area contributed by atoms with Crippen molar-refractivity contribution in [3.8, 4) is 0 Å². The van der Waals surface area contributed by atoms with E-state index in [-0.39, 0.29) is 23.5 Å². The second kappa shape index (κ2) is 9.32. The first kappa shape index (κ1) is 19.9. The van der Waals surface area contributed by atoms with Crippen LogP contribution in [0, 0.1) is 11.8 Å². The number of rotatable bonds is 6. The van der Waals surface area contributed by atoms with Gasteiger partial charge in [0.15, 0.2) is 5.78 Å². The number of nitrogens with zero attached hydrogens (tertiary/aromatic N) is 2. The Hall–Kier alpha value is -1.43. The molecule has 0 aromatic heterocycles. The summed E-state index contributed by atoms with van der Waals surface area (Å²) >= 11 is 0. The number of hydrogen-bond donors (Lipinski definition) is 1. The molecule has 1 aliphatic heterocycles. The van der Waals surface area contributed by atoms with E-state index in [0.29, 0.717) is 25.5 Å². The number of Topliss-reactive ketones (excluding diaryl/α,β-unsaturated/α-hetero) is 1. The zero-order valence-corrected chi connectivity index (χ0v) is 15.9. The predicted octanol–water partition coefficient (Wildman–Crippen LogP) is 1.44. The molecule has 2 amide bonds. The number of nitrogens with one attached hydrogen (secondary N) is 1. The molecule has 1 atom stereocenters. The molecule has 142 valence electrons. The van der Waals surface area contributed by atoms with E-state index in [1.54, 1.807) is 0 Å². The van der Waals surface area contributed by atoms with Gasteiger partial charge in [-0.1, -0.05) is 33.1 Å². The van der Waals surface area contributed by atoms with Gasteiger partial charge in [0.05, 0.1) is 12.6 Å². The summed E-state index contributed by atoms with van der Waals surface area (Å²) in [4.78, 5) is 40.4. The summed E-state index contributed by atoms with van der Waals surface area (Å²) in [6.45, 7) is 8.51. The molecule has 0 bridgehead atoms. The highest BCUT2D eigenvalue weighted by atomic mass is 16.2. The molecule has 1 heterocycles. The smallest absolute Gasteiger partial charge is 0.234 e. The van der Waals surface area contributed by atoms with E-state index in [1.807, 2.05) is 18.7 Å². The Kier molecular flexibility index (Phi) is 7.41. The largest absolute Gasteiger partial charge is 0.345 e. The van der Waals surface area contributed by atoms with Crippen molar-refractivity contribution in [3.63, 3.8) is 0 Å². The first-order valence-corrected chi connectivity index (χ1v) is 9.69. The quantitative estimate of drug-likeness (QED) is 0.786. The first-order valence-electron chi connectivity index (χ1n) is 9.69. The maximum absolute atomic E-state index is 12.6. The maximum Gasteiger partial charge on any atom is 0.234 e. The van der Waals surface area contributed by atoms with Crippen LogP contribution < -0.4 is 5.32 Å². The van der Waals surface area contributed by atoms with Crippen molar-refractivity contribution in [1.29, 1.82) is 0 Å². The van der Waals surface area contributed by atoms with E-state index in [2.05, 4.69) is 10.2 Å². The van der Waals surface area contributed by atoms with Crippen LogP contribution in [0.2, 0.25) is 0 Å². The van der Waals surface area contributed by atoms with Crippen molar-refractivity contribution in [2.75, 3.05) is 32.7 Å². The lowest BCUT2D eigenvalue weighted by Gasteiger charge is -2.37. The molecule has 2 rings (SSSR count). The minimum Gasteiger partial charge on any atom is -0.345 e. The molecular weight excluding hydrogens is 318 g/mol. The molecule has 1 unspecified atom stereocenters. The Labute approximate surface area is 151 Å². The normalized spacial score (nSPS) is 21.2. The topological polar surface area (TPSA) is 69.7 Å². The third-order valence-electron chi connectivity index (χ3n) is 5.43. The lowest BCUT2D eigenvalue weighted by atomic mass is 9.88. The van der Waals surface area contributed by atoms with E-state index < -0.39 is 6.04 Å². The van der Waals surface area contributed by atoms with Gasteiger partial charge in [0.1, 0.15) is 0 Å². The Morgan fingerprint density at radius 3 is 2.12 bits per heavy atom. The average Bonchev–Trinajstić information content (AvgIpc) is 2.60. The average molecular weight is 351 g/mol. The fourth-order valence-corrected chi connectivity index (χ4v) is 3.89. The van der Waals surface area contributed by atoms with Gasteiger partial charge < -0.3 is 10.2 Å². The van der Waals surface area contributed by atoms with Gasteiger partial charge in [0, 0.05) is 32.1 Å². The predicted molar refractivity (Wildman–Crippen MR) is 97.0 cm³/mol. The zero-order chi connectivity index (χ0) is 18.4. The van der Waals surface area contributed by atoms with E-state index in [1.165, 1.54) is 26.2 Å². The molecule has 2 aliphatic rings. The van der Waals surface area contributed by atoms with Crippen LogP contribution >= 0.6 is 0 Å². The molecule has 1 saturated heterocycles. The fourth-order valence-electron chi connectivity index (χ4n) is 3.89. The summed E-state index contributed by atoms with van der Waals surface area (Å²) in [7, 11) is 0. The molecule has 1 N–H and O–H groups in total. The summed E-state index contributed by atoms with van der Waals surface area (Å²) in [5.74, 6) is 0.491. The van der Waals surface area contributed by atoms with Crippen LogP contribution in [0.5, 0.6) is 0 Å². The van der Waals surface area contributed by atoms with Crippen LogP contribution in [-0.2, 0) is 14.4 Å². The van der Waals surface area contributed by atoms with E-state index in [0.717, 1.165) is 25.9 Å². The third-order valence-corrected chi connectivity index (χ3v) is 5.43. The number of amides is 2. The number of carbonyl (C=O) groups excluding carboxylic acids is 3. The van der Waals surface area contributed by atoms with Crippen molar-refractivity contribution >= 4 is 17.6 Å². The first-order chi connectivity index (χ1) is 11.9. The molecule has 6 nitrogen and oxygen atoms in total. The zero-order valence-electron chi connectivity index (χ0n) is 15.9. The van der Waals surface area contributed by atoms with Crippen molar-refractivity contribution < 1.29 is 14.4 Å². The molecule has 2 fully saturated rings. The summed E-state index contributed by atoms with van der Waals surface area (Å²) in [5, 5.41) is 2.84. The van der Waals surface area contributed by atoms with Crippen molar-refractivity contribution in [3.05, 3.63) is 0 Å². The Morgan fingerprint density at radius 2 is 1.60 bits per heavy atom. The van der Waals surface area contributed by atoms with Gasteiger partial charge in [0.2, 0.25) is 11.8 Å². The van der Waals surface area contributed by atoms with Crippen LogP contribution in [0.25, 0.3) is 0 Å². The standard InChI is InChI=1S/C19H33N3O3/c1-14(2)18(15(3)23)20-17(24)13-21-9-11-22(12-10-21)19(25)16-7-5-4-6-8-16/h14,16,18H,4-13H2,1-3H3,(H,20,24). The van der Waals surface area contributed by atoms with Crippen LogP contribution in [0.4, 0.5) is 0 Å². The highest BCUT2D eigenvalue weighted by molar-refractivity contribution is 5.88. The SMILES string of the molecule is CC(=O)C(NC(=O)CN1CCN(C(=O)C2CCCCC2)CC1)C(C)C.